The van der Waals surface area contributed by atoms with E-state index in [1.165, 1.54) is 83.5 Å². The molecule has 27 heavy (non-hydrogen) atoms. The lowest BCUT2D eigenvalue weighted by molar-refractivity contribution is 0.0478. The maximum Gasteiger partial charge on any atom is 0.407 e. The highest BCUT2D eigenvalue weighted by molar-refractivity contribution is 5.68. The molecule has 0 aliphatic heterocycles. The molecule has 0 saturated heterocycles. The first kappa shape index (κ1) is 26.2. The van der Waals surface area contributed by atoms with Gasteiger partial charge in [0.2, 0.25) is 0 Å². The zero-order valence-electron chi connectivity index (χ0n) is 18.7. The van der Waals surface area contributed by atoms with E-state index in [0.717, 1.165) is 12.8 Å². The molecule has 0 saturated carbocycles. The SMILES string of the molecule is CCCCCCCCCCCCCCCCC(CO)NC(=O)OC(C)(C)C. The number of carbonyl (C=O) groups is 1. The first-order valence-corrected chi connectivity index (χ1v) is 11.5. The monoisotopic (exact) mass is 385 g/mol. The van der Waals surface area contributed by atoms with Gasteiger partial charge in [0.25, 0.3) is 0 Å². The number of amides is 1. The summed E-state index contributed by atoms with van der Waals surface area (Å²) in [5.41, 5.74) is -0.501. The molecule has 162 valence electrons. The highest BCUT2D eigenvalue weighted by Crippen LogP contribution is 2.14. The quantitative estimate of drug-likeness (QED) is 0.272. The minimum atomic E-state index is -0.501. The Morgan fingerprint density at radius 1 is 0.815 bits per heavy atom. The molecule has 0 fully saturated rings. The number of carbonyl (C=O) groups excluding carboxylic acids is 1. The van der Waals surface area contributed by atoms with Crippen LogP contribution in [0.2, 0.25) is 0 Å². The van der Waals surface area contributed by atoms with Crippen LogP contribution in [0.4, 0.5) is 4.79 Å². The highest BCUT2D eigenvalue weighted by Gasteiger charge is 2.18. The summed E-state index contributed by atoms with van der Waals surface area (Å²) in [7, 11) is 0. The van der Waals surface area contributed by atoms with Crippen molar-refractivity contribution in [2.45, 2.75) is 136 Å². The Labute approximate surface area is 168 Å². The van der Waals surface area contributed by atoms with Crippen LogP contribution in [0.5, 0.6) is 0 Å². The fourth-order valence-corrected chi connectivity index (χ4v) is 3.27. The van der Waals surface area contributed by atoms with Crippen LogP contribution in [0.3, 0.4) is 0 Å². The van der Waals surface area contributed by atoms with E-state index in [0.29, 0.717) is 0 Å². The van der Waals surface area contributed by atoms with E-state index >= 15 is 0 Å². The molecular formula is C23H47NO3. The Morgan fingerprint density at radius 3 is 1.59 bits per heavy atom. The van der Waals surface area contributed by atoms with E-state index in [2.05, 4.69) is 12.2 Å². The lowest BCUT2D eigenvalue weighted by Gasteiger charge is -2.22. The van der Waals surface area contributed by atoms with Gasteiger partial charge in [0.1, 0.15) is 5.60 Å². The first-order valence-electron chi connectivity index (χ1n) is 11.5. The Kier molecular flexibility index (Phi) is 16.8. The molecule has 1 unspecified atom stereocenters. The third kappa shape index (κ3) is 19.8. The van der Waals surface area contributed by atoms with Crippen molar-refractivity contribution in [3.8, 4) is 0 Å². The molecule has 0 aliphatic carbocycles. The molecule has 0 heterocycles. The number of hydrogen-bond acceptors (Lipinski definition) is 3. The number of nitrogens with one attached hydrogen (secondary N) is 1. The topological polar surface area (TPSA) is 58.6 Å². The summed E-state index contributed by atoms with van der Waals surface area (Å²) in [6, 6.07) is -0.197. The Hall–Kier alpha value is -0.770. The number of alkyl carbamates (subject to hydrolysis) is 1. The van der Waals surface area contributed by atoms with Crippen LogP contribution >= 0.6 is 0 Å². The largest absolute Gasteiger partial charge is 0.444 e. The van der Waals surface area contributed by atoms with Crippen molar-refractivity contribution in [1.29, 1.82) is 0 Å². The molecule has 4 heteroatoms. The van der Waals surface area contributed by atoms with Gasteiger partial charge in [-0.2, -0.15) is 0 Å². The normalized spacial score (nSPS) is 12.8. The molecule has 1 atom stereocenters. The van der Waals surface area contributed by atoms with Crippen LogP contribution < -0.4 is 5.32 Å². The average Bonchev–Trinajstić information content (AvgIpc) is 2.59. The summed E-state index contributed by atoms with van der Waals surface area (Å²) in [5, 5.41) is 12.2. The third-order valence-corrected chi connectivity index (χ3v) is 4.85. The van der Waals surface area contributed by atoms with Gasteiger partial charge in [-0.25, -0.2) is 4.79 Å². The molecule has 0 aromatic heterocycles. The molecule has 4 nitrogen and oxygen atoms in total. The van der Waals surface area contributed by atoms with Gasteiger partial charge >= 0.3 is 6.09 Å². The molecule has 0 rings (SSSR count). The zero-order valence-corrected chi connectivity index (χ0v) is 18.7. The Bertz CT molecular complexity index is 339. The molecular weight excluding hydrogens is 338 g/mol. The van der Waals surface area contributed by atoms with Gasteiger partial charge in [0.05, 0.1) is 12.6 Å². The number of hydrogen-bond donors (Lipinski definition) is 2. The van der Waals surface area contributed by atoms with E-state index in [-0.39, 0.29) is 12.6 Å². The van der Waals surface area contributed by atoms with Gasteiger partial charge in [-0.05, 0) is 27.2 Å². The molecule has 0 aliphatic rings. The van der Waals surface area contributed by atoms with Crippen LogP contribution in [-0.4, -0.2) is 29.4 Å². The van der Waals surface area contributed by atoms with Crippen molar-refractivity contribution >= 4 is 6.09 Å². The van der Waals surface area contributed by atoms with Crippen molar-refractivity contribution in [1.82, 2.24) is 5.32 Å². The maximum absolute atomic E-state index is 11.7. The van der Waals surface area contributed by atoms with Crippen LogP contribution in [0.15, 0.2) is 0 Å². The minimum Gasteiger partial charge on any atom is -0.444 e. The zero-order chi connectivity index (χ0) is 20.4. The summed E-state index contributed by atoms with van der Waals surface area (Å²) in [6.07, 6.45) is 19.1. The number of rotatable bonds is 17. The van der Waals surface area contributed by atoms with Crippen LogP contribution in [0.1, 0.15) is 124 Å². The van der Waals surface area contributed by atoms with E-state index in [1.54, 1.807) is 0 Å². The Morgan fingerprint density at radius 2 is 1.22 bits per heavy atom. The summed E-state index contributed by atoms with van der Waals surface area (Å²) < 4.78 is 5.23. The molecule has 0 spiro atoms. The third-order valence-electron chi connectivity index (χ3n) is 4.85. The van der Waals surface area contributed by atoms with Gasteiger partial charge in [0.15, 0.2) is 0 Å². The van der Waals surface area contributed by atoms with Gasteiger partial charge in [-0.1, -0.05) is 96.8 Å². The number of ether oxygens (including phenoxy) is 1. The molecule has 1 amide bonds. The van der Waals surface area contributed by atoms with Crippen molar-refractivity contribution < 1.29 is 14.6 Å². The Balaban J connectivity index is 3.43. The van der Waals surface area contributed by atoms with E-state index in [4.69, 9.17) is 4.74 Å². The highest BCUT2D eigenvalue weighted by atomic mass is 16.6. The van der Waals surface area contributed by atoms with Gasteiger partial charge in [-0.15, -0.1) is 0 Å². The standard InChI is InChI=1S/C23H47NO3/c1-5-6-7-8-9-10-11-12-13-14-15-16-17-18-19-21(20-25)24-22(26)27-23(2,3)4/h21,25H,5-20H2,1-4H3,(H,24,26). The number of aliphatic hydroxyl groups excluding tert-OH is 1. The summed E-state index contributed by atoms with van der Waals surface area (Å²) in [6.45, 7) is 7.76. The smallest absolute Gasteiger partial charge is 0.407 e. The molecule has 0 radical (unpaired) electrons. The molecule has 0 aromatic rings. The number of unbranched alkanes of at least 4 members (excludes halogenated alkanes) is 13. The average molecular weight is 386 g/mol. The van der Waals surface area contributed by atoms with Crippen LogP contribution in [-0.2, 0) is 4.74 Å². The van der Waals surface area contributed by atoms with E-state index in [1.807, 2.05) is 20.8 Å². The number of aliphatic hydroxyl groups is 1. The fraction of sp³-hybridized carbons (Fsp3) is 0.957. The fourth-order valence-electron chi connectivity index (χ4n) is 3.27. The van der Waals surface area contributed by atoms with Crippen molar-refractivity contribution in [3.05, 3.63) is 0 Å². The predicted molar refractivity (Wildman–Crippen MR) is 115 cm³/mol. The lowest BCUT2D eigenvalue weighted by Crippen LogP contribution is -2.41. The molecule has 0 bridgehead atoms. The lowest BCUT2D eigenvalue weighted by atomic mass is 10.0. The van der Waals surface area contributed by atoms with Gasteiger partial charge in [0, 0.05) is 0 Å². The second-order valence-corrected chi connectivity index (χ2v) is 8.91. The van der Waals surface area contributed by atoms with Gasteiger partial charge < -0.3 is 15.2 Å². The first-order chi connectivity index (χ1) is 12.9. The maximum atomic E-state index is 11.7. The summed E-state index contributed by atoms with van der Waals surface area (Å²) in [4.78, 5) is 11.7. The molecule has 0 aromatic carbocycles. The van der Waals surface area contributed by atoms with Crippen molar-refractivity contribution in [2.75, 3.05) is 6.61 Å². The summed E-state index contributed by atoms with van der Waals surface area (Å²) in [5.74, 6) is 0. The minimum absolute atomic E-state index is 0.0301. The van der Waals surface area contributed by atoms with Crippen molar-refractivity contribution in [3.63, 3.8) is 0 Å². The van der Waals surface area contributed by atoms with E-state index in [9.17, 15) is 9.90 Å². The van der Waals surface area contributed by atoms with Gasteiger partial charge in [-0.3, -0.25) is 0 Å². The summed E-state index contributed by atoms with van der Waals surface area (Å²) >= 11 is 0. The van der Waals surface area contributed by atoms with Crippen LogP contribution in [0.25, 0.3) is 0 Å². The van der Waals surface area contributed by atoms with Crippen molar-refractivity contribution in [2.24, 2.45) is 0 Å². The van der Waals surface area contributed by atoms with E-state index < -0.39 is 11.7 Å². The van der Waals surface area contributed by atoms with Crippen LogP contribution in [0, 0.1) is 0 Å². The predicted octanol–water partition coefficient (Wildman–Crippen LogP) is 6.74. The second kappa shape index (κ2) is 17.3. The second-order valence-electron chi connectivity index (χ2n) is 8.91. The molecule has 2 N–H and O–H groups in total.